The van der Waals surface area contributed by atoms with E-state index >= 15 is 0 Å². The topological polar surface area (TPSA) is 68.7 Å². The first-order valence-corrected chi connectivity index (χ1v) is 5.81. The molecule has 1 aliphatic carbocycles. The predicted octanol–water partition coefficient (Wildman–Crippen LogP) is 1.87. The normalized spacial score (nSPS) is 14.1. The molecule has 0 amide bonds. The molecule has 96 valence electrons. The molecule has 2 rings (SSSR count). The van der Waals surface area contributed by atoms with Gasteiger partial charge in [0.05, 0.1) is 19.4 Å². The highest BCUT2D eigenvalue weighted by atomic mass is 16.5. The molecule has 0 fully saturated rings. The lowest BCUT2D eigenvalue weighted by Crippen LogP contribution is -2.16. The molecule has 0 unspecified atom stereocenters. The maximum atomic E-state index is 11.8. The smallest absolute Gasteiger partial charge is 0.342 e. The number of allylic oxidation sites excluding steroid dienone is 1. The molecule has 1 N–H and O–H groups in total. The maximum Gasteiger partial charge on any atom is 0.342 e. The number of carbonyl (C=O) groups is 1. The van der Waals surface area contributed by atoms with E-state index in [2.05, 4.69) is 4.98 Å². The molecule has 18 heavy (non-hydrogen) atoms. The Labute approximate surface area is 105 Å². The van der Waals surface area contributed by atoms with Gasteiger partial charge in [-0.15, -0.1) is 0 Å². The number of hydrogen-bond acceptors (Lipinski definition) is 5. The predicted molar refractivity (Wildman–Crippen MR) is 65.3 cm³/mol. The van der Waals surface area contributed by atoms with Crippen LogP contribution in [0.3, 0.4) is 0 Å². The van der Waals surface area contributed by atoms with E-state index in [1.54, 1.807) is 19.1 Å². The number of methoxy groups -OCH3 is 1. The number of hydrogen-bond donors (Lipinski definition) is 1. The van der Waals surface area contributed by atoms with E-state index in [-0.39, 0.29) is 17.9 Å². The van der Waals surface area contributed by atoms with Crippen LogP contribution in [0.4, 0.5) is 0 Å². The zero-order valence-corrected chi connectivity index (χ0v) is 10.4. The van der Waals surface area contributed by atoms with E-state index in [0.717, 1.165) is 5.69 Å². The van der Waals surface area contributed by atoms with E-state index in [0.29, 0.717) is 24.3 Å². The second-order valence-electron chi connectivity index (χ2n) is 3.89. The summed E-state index contributed by atoms with van der Waals surface area (Å²) in [5.41, 5.74) is 1.58. The molecule has 5 nitrogen and oxygen atoms in total. The second-order valence-corrected chi connectivity index (χ2v) is 3.89. The summed E-state index contributed by atoms with van der Waals surface area (Å²) in [6.07, 6.45) is 0.975. The number of esters is 1. The van der Waals surface area contributed by atoms with Crippen LogP contribution >= 0.6 is 0 Å². The standard InChI is InChI=1S/C13H15NO4/c1-3-18-13(16)12-8-4-7-11(17-2)14-9(8)5-6-10(12)15/h4,7,15H,3,5-6H2,1-2H3. The first kappa shape index (κ1) is 12.4. The van der Waals surface area contributed by atoms with Crippen molar-refractivity contribution in [2.45, 2.75) is 19.8 Å². The molecule has 0 radical (unpaired) electrons. The molecule has 0 saturated heterocycles. The summed E-state index contributed by atoms with van der Waals surface area (Å²) in [5.74, 6) is 0.0502. The number of pyridine rings is 1. The summed E-state index contributed by atoms with van der Waals surface area (Å²) in [4.78, 5) is 16.1. The molecule has 0 spiro atoms. The number of rotatable bonds is 3. The van der Waals surface area contributed by atoms with Crippen molar-refractivity contribution in [3.05, 3.63) is 29.1 Å². The van der Waals surface area contributed by atoms with E-state index in [1.807, 2.05) is 0 Å². The lowest BCUT2D eigenvalue weighted by Gasteiger charge is -2.18. The van der Waals surface area contributed by atoms with Gasteiger partial charge < -0.3 is 14.6 Å². The van der Waals surface area contributed by atoms with Gasteiger partial charge in [-0.1, -0.05) is 0 Å². The molecule has 0 aromatic carbocycles. The Kier molecular flexibility index (Phi) is 3.50. The van der Waals surface area contributed by atoms with Crippen molar-refractivity contribution in [2.75, 3.05) is 13.7 Å². The third-order valence-corrected chi connectivity index (χ3v) is 2.79. The van der Waals surface area contributed by atoms with Crippen molar-refractivity contribution in [2.24, 2.45) is 0 Å². The summed E-state index contributed by atoms with van der Waals surface area (Å²) in [6.45, 7) is 2.00. The number of aromatic nitrogens is 1. The highest BCUT2D eigenvalue weighted by molar-refractivity contribution is 6.17. The van der Waals surface area contributed by atoms with E-state index in [9.17, 15) is 9.90 Å². The fraction of sp³-hybridized carbons (Fsp3) is 0.385. The number of aliphatic hydroxyl groups is 1. The van der Waals surface area contributed by atoms with Crippen LogP contribution in [0.2, 0.25) is 0 Å². The number of aliphatic hydroxyl groups excluding tert-OH is 1. The van der Waals surface area contributed by atoms with Gasteiger partial charge in [0.15, 0.2) is 0 Å². The minimum Gasteiger partial charge on any atom is -0.511 e. The van der Waals surface area contributed by atoms with Crippen molar-refractivity contribution in [3.63, 3.8) is 0 Å². The van der Waals surface area contributed by atoms with Gasteiger partial charge in [-0.05, 0) is 19.4 Å². The Morgan fingerprint density at radius 1 is 1.44 bits per heavy atom. The third-order valence-electron chi connectivity index (χ3n) is 2.79. The lowest BCUT2D eigenvalue weighted by atomic mass is 9.93. The number of fused-ring (bicyclic) bond motifs is 1. The van der Waals surface area contributed by atoms with Gasteiger partial charge in [0.25, 0.3) is 0 Å². The first-order valence-electron chi connectivity index (χ1n) is 5.81. The molecule has 1 aromatic heterocycles. The zero-order chi connectivity index (χ0) is 13.1. The van der Waals surface area contributed by atoms with Crippen LogP contribution in [0.1, 0.15) is 24.6 Å². The molecule has 1 heterocycles. The van der Waals surface area contributed by atoms with Crippen molar-refractivity contribution in [3.8, 4) is 5.88 Å². The lowest BCUT2D eigenvalue weighted by molar-refractivity contribution is -0.136. The third kappa shape index (κ3) is 2.16. The van der Waals surface area contributed by atoms with Crippen LogP contribution in [0.5, 0.6) is 5.88 Å². The summed E-state index contributed by atoms with van der Waals surface area (Å²) in [6, 6.07) is 3.39. The average molecular weight is 249 g/mol. The van der Waals surface area contributed by atoms with Gasteiger partial charge in [0.1, 0.15) is 11.3 Å². The van der Waals surface area contributed by atoms with E-state index < -0.39 is 5.97 Å². The van der Waals surface area contributed by atoms with Crippen LogP contribution in [0.25, 0.3) is 5.57 Å². The Morgan fingerprint density at radius 2 is 2.22 bits per heavy atom. The molecule has 0 saturated carbocycles. The fourth-order valence-corrected chi connectivity index (χ4v) is 1.96. The highest BCUT2D eigenvalue weighted by Gasteiger charge is 2.26. The van der Waals surface area contributed by atoms with Crippen molar-refractivity contribution in [1.29, 1.82) is 0 Å². The van der Waals surface area contributed by atoms with Crippen LogP contribution < -0.4 is 4.74 Å². The van der Waals surface area contributed by atoms with Gasteiger partial charge in [0.2, 0.25) is 5.88 Å². The monoisotopic (exact) mass is 249 g/mol. The molecular weight excluding hydrogens is 234 g/mol. The van der Waals surface area contributed by atoms with E-state index in [1.165, 1.54) is 7.11 Å². The maximum absolute atomic E-state index is 11.8. The molecule has 1 aromatic rings. The second kappa shape index (κ2) is 5.08. The number of aryl methyl sites for hydroxylation is 1. The molecular formula is C13H15NO4. The summed E-state index contributed by atoms with van der Waals surface area (Å²) < 4.78 is 9.99. The zero-order valence-electron chi connectivity index (χ0n) is 10.4. The summed E-state index contributed by atoms with van der Waals surface area (Å²) >= 11 is 0. The van der Waals surface area contributed by atoms with Crippen LogP contribution in [0.15, 0.2) is 17.9 Å². The van der Waals surface area contributed by atoms with Crippen molar-refractivity contribution < 1.29 is 19.4 Å². The number of ether oxygens (including phenoxy) is 2. The van der Waals surface area contributed by atoms with Gasteiger partial charge in [-0.25, -0.2) is 9.78 Å². The first-order chi connectivity index (χ1) is 8.67. The Morgan fingerprint density at radius 3 is 2.89 bits per heavy atom. The largest absolute Gasteiger partial charge is 0.511 e. The fourth-order valence-electron chi connectivity index (χ4n) is 1.96. The van der Waals surface area contributed by atoms with Crippen LogP contribution in [-0.4, -0.2) is 29.8 Å². The Hall–Kier alpha value is -2.04. The van der Waals surface area contributed by atoms with Gasteiger partial charge in [-0.3, -0.25) is 0 Å². The van der Waals surface area contributed by atoms with E-state index in [4.69, 9.17) is 9.47 Å². The average Bonchev–Trinajstić information content (AvgIpc) is 2.38. The molecule has 5 heteroatoms. The molecule has 0 bridgehead atoms. The quantitative estimate of drug-likeness (QED) is 0.828. The number of carbonyl (C=O) groups excluding carboxylic acids is 1. The molecule has 1 aliphatic rings. The Balaban J connectivity index is 2.45. The van der Waals surface area contributed by atoms with Gasteiger partial charge in [-0.2, -0.15) is 0 Å². The number of nitrogens with zero attached hydrogens (tertiary/aromatic N) is 1. The van der Waals surface area contributed by atoms with Crippen LogP contribution in [0, 0.1) is 0 Å². The summed E-state index contributed by atoms with van der Waals surface area (Å²) in [5, 5.41) is 9.86. The Bertz CT molecular complexity index is 508. The molecule has 0 atom stereocenters. The molecule has 0 aliphatic heterocycles. The highest BCUT2D eigenvalue weighted by Crippen LogP contribution is 2.31. The van der Waals surface area contributed by atoms with Crippen molar-refractivity contribution in [1.82, 2.24) is 4.98 Å². The van der Waals surface area contributed by atoms with Gasteiger partial charge >= 0.3 is 5.97 Å². The van der Waals surface area contributed by atoms with Gasteiger partial charge in [0, 0.05) is 18.1 Å². The minimum absolute atomic E-state index is 0.0629. The SMILES string of the molecule is CCOC(=O)C1=C(O)CCc2nc(OC)ccc21. The summed E-state index contributed by atoms with van der Waals surface area (Å²) in [7, 11) is 1.54. The van der Waals surface area contributed by atoms with Crippen LogP contribution in [-0.2, 0) is 16.0 Å². The van der Waals surface area contributed by atoms with Crippen molar-refractivity contribution >= 4 is 11.5 Å². The minimum atomic E-state index is -0.511.